The van der Waals surface area contributed by atoms with Gasteiger partial charge in [-0.2, -0.15) is 0 Å². The monoisotopic (exact) mass is 302 g/mol. The molecule has 1 aromatic heterocycles. The Balaban J connectivity index is 1.82. The molecule has 0 spiro atoms. The van der Waals surface area contributed by atoms with Crippen molar-refractivity contribution in [2.45, 2.75) is 29.3 Å². The summed E-state index contributed by atoms with van der Waals surface area (Å²) in [6.45, 7) is 3.37. The number of benzene rings is 1. The minimum absolute atomic E-state index is 0.0103. The number of rotatable bonds is 3. The molecule has 1 aliphatic heterocycles. The van der Waals surface area contributed by atoms with E-state index in [0.717, 1.165) is 33.4 Å². The number of nitrogens with two attached hydrogens (primary N) is 1. The highest BCUT2D eigenvalue weighted by atomic mass is 32.2. The van der Waals surface area contributed by atoms with E-state index >= 15 is 0 Å². The van der Waals surface area contributed by atoms with Crippen LogP contribution >= 0.6 is 11.8 Å². The molecule has 4 nitrogen and oxygen atoms in total. The van der Waals surface area contributed by atoms with Gasteiger partial charge in [-0.05, 0) is 42.8 Å². The van der Waals surface area contributed by atoms with Gasteiger partial charge in [0.1, 0.15) is 5.03 Å². The van der Waals surface area contributed by atoms with Crippen LogP contribution in [-0.4, -0.2) is 18.2 Å². The molecule has 0 bridgehead atoms. The molecule has 2 N–H and O–H groups in total. The first kappa shape index (κ1) is 14.2. The van der Waals surface area contributed by atoms with Crippen molar-refractivity contribution in [2.24, 2.45) is 5.73 Å². The predicted octanol–water partition coefficient (Wildman–Crippen LogP) is 3.41. The smallest absolute Gasteiger partial charge is 0.162 e. The van der Waals surface area contributed by atoms with E-state index in [9.17, 15) is 0 Å². The molecule has 1 atom stereocenters. The fourth-order valence-corrected chi connectivity index (χ4v) is 2.94. The number of fused-ring (bicyclic) bond motifs is 1. The number of hydrogen-bond donors (Lipinski definition) is 1. The minimum atomic E-state index is 0.0103. The molecule has 0 saturated carbocycles. The van der Waals surface area contributed by atoms with Crippen molar-refractivity contribution in [3.63, 3.8) is 0 Å². The molecule has 2 aromatic rings. The molecule has 5 heteroatoms. The van der Waals surface area contributed by atoms with Crippen LogP contribution in [0.15, 0.2) is 46.5 Å². The number of pyridine rings is 1. The quantitative estimate of drug-likeness (QED) is 0.941. The topological polar surface area (TPSA) is 57.4 Å². The molecule has 110 valence electrons. The molecule has 0 aliphatic carbocycles. The van der Waals surface area contributed by atoms with Crippen molar-refractivity contribution < 1.29 is 9.47 Å². The summed E-state index contributed by atoms with van der Waals surface area (Å²) >= 11 is 1.60. The number of ether oxygens (including phenoxy) is 2. The van der Waals surface area contributed by atoms with Crippen LogP contribution in [0.2, 0.25) is 0 Å². The normalized spacial score (nSPS) is 15.3. The highest BCUT2D eigenvalue weighted by Gasteiger charge is 2.11. The van der Waals surface area contributed by atoms with E-state index in [1.165, 1.54) is 0 Å². The molecule has 21 heavy (non-hydrogen) atoms. The van der Waals surface area contributed by atoms with E-state index in [1.54, 1.807) is 18.0 Å². The predicted molar refractivity (Wildman–Crippen MR) is 83.0 cm³/mol. The van der Waals surface area contributed by atoms with Crippen LogP contribution in [0.25, 0.3) is 0 Å². The number of hydrogen-bond acceptors (Lipinski definition) is 5. The Morgan fingerprint density at radius 1 is 1.14 bits per heavy atom. The first-order valence-electron chi connectivity index (χ1n) is 7.01. The van der Waals surface area contributed by atoms with Crippen LogP contribution < -0.4 is 15.2 Å². The van der Waals surface area contributed by atoms with Gasteiger partial charge in [0.25, 0.3) is 0 Å². The summed E-state index contributed by atoms with van der Waals surface area (Å²) in [6, 6.07) is 9.97. The largest absolute Gasteiger partial charge is 0.490 e. The van der Waals surface area contributed by atoms with Gasteiger partial charge in [-0.3, -0.25) is 0 Å². The van der Waals surface area contributed by atoms with Crippen molar-refractivity contribution >= 4 is 11.8 Å². The Morgan fingerprint density at radius 2 is 1.95 bits per heavy atom. The van der Waals surface area contributed by atoms with Gasteiger partial charge in [-0.1, -0.05) is 11.8 Å². The molecule has 2 heterocycles. The summed E-state index contributed by atoms with van der Waals surface area (Å²) in [4.78, 5) is 5.46. The van der Waals surface area contributed by atoms with E-state index in [4.69, 9.17) is 15.2 Å². The number of nitrogens with zero attached hydrogens (tertiary/aromatic N) is 1. The third-order valence-electron chi connectivity index (χ3n) is 3.23. The number of aromatic nitrogens is 1. The third kappa shape index (κ3) is 3.49. The maximum Gasteiger partial charge on any atom is 0.162 e. The zero-order chi connectivity index (χ0) is 14.7. The summed E-state index contributed by atoms with van der Waals surface area (Å²) in [5.41, 5.74) is 7.00. The highest BCUT2D eigenvalue weighted by molar-refractivity contribution is 7.99. The molecule has 1 aliphatic rings. The van der Waals surface area contributed by atoms with Crippen LogP contribution in [0, 0.1) is 0 Å². The van der Waals surface area contributed by atoms with Gasteiger partial charge >= 0.3 is 0 Å². The molecule has 0 radical (unpaired) electrons. The first-order valence-corrected chi connectivity index (χ1v) is 7.83. The Kier molecular flexibility index (Phi) is 4.31. The lowest BCUT2D eigenvalue weighted by molar-refractivity contribution is 0.297. The second-order valence-corrected chi connectivity index (χ2v) is 6.07. The lowest BCUT2D eigenvalue weighted by Gasteiger charge is -2.10. The van der Waals surface area contributed by atoms with Crippen molar-refractivity contribution in [2.75, 3.05) is 13.2 Å². The van der Waals surface area contributed by atoms with Gasteiger partial charge in [0.05, 0.1) is 13.2 Å². The first-order chi connectivity index (χ1) is 10.2. The van der Waals surface area contributed by atoms with Crippen LogP contribution in [0.5, 0.6) is 11.5 Å². The second kappa shape index (κ2) is 6.37. The van der Waals surface area contributed by atoms with Crippen LogP contribution in [-0.2, 0) is 0 Å². The zero-order valence-electron chi connectivity index (χ0n) is 11.9. The maximum absolute atomic E-state index is 5.91. The fourth-order valence-electron chi connectivity index (χ4n) is 2.09. The van der Waals surface area contributed by atoms with E-state index in [1.807, 2.05) is 37.3 Å². The van der Waals surface area contributed by atoms with Gasteiger partial charge in [0.15, 0.2) is 11.5 Å². The highest BCUT2D eigenvalue weighted by Crippen LogP contribution is 2.36. The van der Waals surface area contributed by atoms with E-state index in [-0.39, 0.29) is 6.04 Å². The van der Waals surface area contributed by atoms with Gasteiger partial charge in [-0.25, -0.2) is 4.98 Å². The van der Waals surface area contributed by atoms with Crippen LogP contribution in [0.1, 0.15) is 24.9 Å². The standard InChI is InChI=1S/C16H18N2O2S/c1-11(17)12-5-6-18-16(9-12)21-13-3-4-14-15(10-13)20-8-2-7-19-14/h3-6,9-11H,2,7-8,17H2,1H3/t11-/m0/s1. The summed E-state index contributed by atoms with van der Waals surface area (Å²) in [7, 11) is 0. The average molecular weight is 302 g/mol. The lowest BCUT2D eigenvalue weighted by atomic mass is 10.1. The Morgan fingerprint density at radius 3 is 2.76 bits per heavy atom. The van der Waals surface area contributed by atoms with Gasteiger partial charge in [0, 0.05) is 23.6 Å². The molecule has 0 fully saturated rings. The summed E-state index contributed by atoms with van der Waals surface area (Å²) in [5.74, 6) is 1.62. The van der Waals surface area contributed by atoms with Gasteiger partial charge in [0.2, 0.25) is 0 Å². The SMILES string of the molecule is C[C@H](N)c1ccnc(Sc2ccc3c(c2)OCCCO3)c1. The van der Waals surface area contributed by atoms with Crippen LogP contribution in [0.4, 0.5) is 0 Å². The minimum Gasteiger partial charge on any atom is -0.490 e. The molecule has 1 aromatic carbocycles. The third-order valence-corrected chi connectivity index (χ3v) is 4.15. The van der Waals surface area contributed by atoms with Crippen molar-refractivity contribution in [1.29, 1.82) is 0 Å². The average Bonchev–Trinajstić information content (AvgIpc) is 2.72. The molecule has 0 saturated heterocycles. The second-order valence-electron chi connectivity index (χ2n) is 4.98. The Labute approximate surface area is 128 Å². The van der Waals surface area contributed by atoms with Gasteiger partial charge < -0.3 is 15.2 Å². The molecular weight excluding hydrogens is 284 g/mol. The zero-order valence-corrected chi connectivity index (χ0v) is 12.7. The van der Waals surface area contributed by atoms with Crippen molar-refractivity contribution in [1.82, 2.24) is 4.98 Å². The Bertz CT molecular complexity index is 631. The summed E-state index contributed by atoms with van der Waals surface area (Å²) < 4.78 is 11.3. The molecular formula is C16H18N2O2S. The van der Waals surface area contributed by atoms with E-state index in [0.29, 0.717) is 13.2 Å². The molecule has 0 unspecified atom stereocenters. The maximum atomic E-state index is 5.91. The molecule has 0 amide bonds. The van der Waals surface area contributed by atoms with Gasteiger partial charge in [-0.15, -0.1) is 0 Å². The van der Waals surface area contributed by atoms with E-state index in [2.05, 4.69) is 4.98 Å². The summed E-state index contributed by atoms with van der Waals surface area (Å²) in [6.07, 6.45) is 2.71. The van der Waals surface area contributed by atoms with Crippen LogP contribution in [0.3, 0.4) is 0 Å². The van der Waals surface area contributed by atoms with E-state index < -0.39 is 0 Å². The summed E-state index contributed by atoms with van der Waals surface area (Å²) in [5, 5.41) is 0.930. The van der Waals surface area contributed by atoms with Crippen molar-refractivity contribution in [3.05, 3.63) is 42.1 Å². The lowest BCUT2D eigenvalue weighted by Crippen LogP contribution is -2.04. The Hall–Kier alpha value is -1.72. The fraction of sp³-hybridized carbons (Fsp3) is 0.312. The van der Waals surface area contributed by atoms with Crippen molar-refractivity contribution in [3.8, 4) is 11.5 Å². The molecule has 3 rings (SSSR count).